The molecule has 2 aromatic rings. The van der Waals surface area contributed by atoms with Gasteiger partial charge in [0.1, 0.15) is 5.76 Å². The zero-order valence-electron chi connectivity index (χ0n) is 11.6. The molecule has 1 fully saturated rings. The summed E-state index contributed by atoms with van der Waals surface area (Å²) in [4.78, 5) is 6.66. The van der Waals surface area contributed by atoms with E-state index in [4.69, 9.17) is 14.8 Å². The van der Waals surface area contributed by atoms with Crippen LogP contribution in [0.15, 0.2) is 15.1 Å². The first-order valence-electron chi connectivity index (χ1n) is 6.97. The summed E-state index contributed by atoms with van der Waals surface area (Å²) in [5.74, 6) is 1.58. The van der Waals surface area contributed by atoms with E-state index in [0.717, 1.165) is 19.6 Å². The molecule has 2 N–H and O–H groups in total. The minimum atomic E-state index is -0.237. The van der Waals surface area contributed by atoms with Crippen molar-refractivity contribution in [3.63, 3.8) is 0 Å². The molecular formula is C13H19N5O2. The summed E-state index contributed by atoms with van der Waals surface area (Å²) in [5.41, 5.74) is 6.70. The van der Waals surface area contributed by atoms with Gasteiger partial charge in [-0.2, -0.15) is 4.98 Å². The van der Waals surface area contributed by atoms with Gasteiger partial charge < -0.3 is 19.7 Å². The fourth-order valence-electron chi connectivity index (χ4n) is 2.46. The Hall–Kier alpha value is -1.73. The molecule has 0 bridgehead atoms. The Morgan fingerprint density at radius 3 is 2.75 bits per heavy atom. The molecule has 0 aliphatic carbocycles. The van der Waals surface area contributed by atoms with Crippen molar-refractivity contribution in [3.8, 4) is 11.6 Å². The summed E-state index contributed by atoms with van der Waals surface area (Å²) < 4.78 is 10.2. The molecule has 1 atom stereocenters. The van der Waals surface area contributed by atoms with E-state index in [-0.39, 0.29) is 6.04 Å². The normalized spacial score (nSPS) is 18.3. The van der Waals surface area contributed by atoms with E-state index in [1.807, 2.05) is 6.92 Å². The molecule has 7 heteroatoms. The van der Waals surface area contributed by atoms with Gasteiger partial charge in [-0.05, 0) is 32.9 Å². The predicted octanol–water partition coefficient (Wildman–Crippen LogP) is 1.52. The van der Waals surface area contributed by atoms with Gasteiger partial charge in [0.2, 0.25) is 0 Å². The number of hydrogen-bond donors (Lipinski definition) is 1. The Bertz CT molecular complexity index is 559. The molecule has 0 radical (unpaired) electrons. The summed E-state index contributed by atoms with van der Waals surface area (Å²) >= 11 is 0. The van der Waals surface area contributed by atoms with Crippen LogP contribution in [0.2, 0.25) is 0 Å². The van der Waals surface area contributed by atoms with Crippen LogP contribution >= 0.6 is 0 Å². The highest BCUT2D eigenvalue weighted by Gasteiger charge is 2.20. The number of likely N-dealkylation sites (tertiary alicyclic amines) is 1. The van der Waals surface area contributed by atoms with Crippen LogP contribution < -0.4 is 5.73 Å². The lowest BCUT2D eigenvalue weighted by molar-refractivity contribution is 0.213. The lowest BCUT2D eigenvalue weighted by Crippen LogP contribution is -2.36. The third-order valence-corrected chi connectivity index (χ3v) is 3.52. The van der Waals surface area contributed by atoms with E-state index in [0.29, 0.717) is 23.2 Å². The van der Waals surface area contributed by atoms with Crippen molar-refractivity contribution in [1.29, 1.82) is 0 Å². The Morgan fingerprint density at radius 2 is 2.05 bits per heavy atom. The molecular weight excluding hydrogens is 258 g/mol. The zero-order chi connectivity index (χ0) is 13.9. The van der Waals surface area contributed by atoms with Crippen molar-refractivity contribution in [2.45, 2.75) is 32.2 Å². The molecule has 1 aliphatic heterocycles. The van der Waals surface area contributed by atoms with E-state index in [2.05, 4.69) is 20.2 Å². The second-order valence-electron chi connectivity index (χ2n) is 5.25. The molecule has 2 aromatic heterocycles. The Labute approximate surface area is 117 Å². The second-order valence-corrected chi connectivity index (χ2v) is 5.25. The van der Waals surface area contributed by atoms with Crippen LogP contribution in [-0.2, 0) is 0 Å². The lowest BCUT2D eigenvalue weighted by Gasteiger charge is -2.27. The van der Waals surface area contributed by atoms with Crippen LogP contribution in [0.4, 0.5) is 0 Å². The molecule has 3 rings (SSSR count). The van der Waals surface area contributed by atoms with Crippen LogP contribution in [0.3, 0.4) is 0 Å². The summed E-state index contributed by atoms with van der Waals surface area (Å²) in [6.45, 7) is 4.77. The molecule has 0 saturated carbocycles. The number of rotatable bonds is 4. The Balaban J connectivity index is 1.66. The molecule has 108 valence electrons. The van der Waals surface area contributed by atoms with Crippen LogP contribution in [0.25, 0.3) is 11.6 Å². The fourth-order valence-corrected chi connectivity index (χ4v) is 2.46. The van der Waals surface area contributed by atoms with Crippen molar-refractivity contribution < 1.29 is 9.05 Å². The first kappa shape index (κ1) is 13.3. The molecule has 0 amide bonds. The number of piperidine rings is 1. The third kappa shape index (κ3) is 2.88. The fraction of sp³-hybridized carbons (Fsp3) is 0.615. The molecule has 3 heterocycles. The molecule has 0 spiro atoms. The average molecular weight is 277 g/mol. The molecule has 1 aliphatic rings. The predicted molar refractivity (Wildman–Crippen MR) is 71.8 cm³/mol. The van der Waals surface area contributed by atoms with Crippen LogP contribution in [-0.4, -0.2) is 39.8 Å². The van der Waals surface area contributed by atoms with Crippen molar-refractivity contribution in [1.82, 2.24) is 20.2 Å². The topological polar surface area (TPSA) is 94.2 Å². The minimum Gasteiger partial charge on any atom is -0.361 e. The molecule has 7 nitrogen and oxygen atoms in total. The molecule has 20 heavy (non-hydrogen) atoms. The summed E-state index contributed by atoms with van der Waals surface area (Å²) in [6.07, 6.45) is 3.79. The summed E-state index contributed by atoms with van der Waals surface area (Å²) in [7, 11) is 0. The Morgan fingerprint density at radius 1 is 1.25 bits per heavy atom. The first-order chi connectivity index (χ1) is 9.72. The van der Waals surface area contributed by atoms with Crippen molar-refractivity contribution in [2.75, 3.05) is 19.6 Å². The smallest absolute Gasteiger partial charge is 0.280 e. The van der Waals surface area contributed by atoms with Crippen molar-refractivity contribution in [2.24, 2.45) is 5.73 Å². The van der Waals surface area contributed by atoms with Gasteiger partial charge in [0.25, 0.3) is 5.89 Å². The number of aromatic nitrogens is 3. The standard InChI is InChI=1S/C13H19N5O2/c1-9-7-11(16-19-9)13-15-12(17-20-13)10(14)8-18-5-3-2-4-6-18/h7,10H,2-6,8,14H2,1H3. The Kier molecular flexibility index (Phi) is 3.79. The minimum absolute atomic E-state index is 0.237. The summed E-state index contributed by atoms with van der Waals surface area (Å²) in [5, 5.41) is 7.80. The zero-order valence-corrected chi connectivity index (χ0v) is 11.6. The van der Waals surface area contributed by atoms with E-state index >= 15 is 0 Å². The molecule has 1 unspecified atom stereocenters. The van der Waals surface area contributed by atoms with Crippen LogP contribution in [0, 0.1) is 6.92 Å². The van der Waals surface area contributed by atoms with Crippen LogP contribution in [0.5, 0.6) is 0 Å². The van der Waals surface area contributed by atoms with Gasteiger partial charge >= 0.3 is 0 Å². The highest BCUT2D eigenvalue weighted by Crippen LogP contribution is 2.19. The number of nitrogens with two attached hydrogens (primary N) is 1. The number of nitrogens with zero attached hydrogens (tertiary/aromatic N) is 4. The van der Waals surface area contributed by atoms with E-state index in [9.17, 15) is 0 Å². The maximum Gasteiger partial charge on any atom is 0.280 e. The van der Waals surface area contributed by atoms with Crippen LogP contribution in [0.1, 0.15) is 36.9 Å². The summed E-state index contributed by atoms with van der Waals surface area (Å²) in [6, 6.07) is 1.52. The number of hydrogen-bond acceptors (Lipinski definition) is 7. The van der Waals surface area contributed by atoms with Gasteiger partial charge in [0, 0.05) is 12.6 Å². The largest absolute Gasteiger partial charge is 0.361 e. The van der Waals surface area contributed by atoms with E-state index in [1.165, 1.54) is 19.3 Å². The van der Waals surface area contributed by atoms with Crippen molar-refractivity contribution in [3.05, 3.63) is 17.7 Å². The first-order valence-corrected chi connectivity index (χ1v) is 6.97. The van der Waals surface area contributed by atoms with Gasteiger partial charge in [-0.15, -0.1) is 0 Å². The van der Waals surface area contributed by atoms with E-state index < -0.39 is 0 Å². The van der Waals surface area contributed by atoms with Gasteiger partial charge in [0.05, 0.1) is 6.04 Å². The lowest BCUT2D eigenvalue weighted by atomic mass is 10.1. The van der Waals surface area contributed by atoms with Gasteiger partial charge in [-0.3, -0.25) is 0 Å². The molecule has 1 saturated heterocycles. The SMILES string of the molecule is Cc1cc(-c2nc(C(N)CN3CCCCC3)no2)no1. The van der Waals surface area contributed by atoms with Gasteiger partial charge in [0.15, 0.2) is 11.5 Å². The van der Waals surface area contributed by atoms with Gasteiger partial charge in [-0.1, -0.05) is 16.7 Å². The monoisotopic (exact) mass is 277 g/mol. The highest BCUT2D eigenvalue weighted by atomic mass is 16.5. The average Bonchev–Trinajstić information content (AvgIpc) is 3.08. The quantitative estimate of drug-likeness (QED) is 0.905. The highest BCUT2D eigenvalue weighted by molar-refractivity contribution is 5.45. The van der Waals surface area contributed by atoms with E-state index in [1.54, 1.807) is 6.07 Å². The maximum absolute atomic E-state index is 6.15. The third-order valence-electron chi connectivity index (χ3n) is 3.52. The second kappa shape index (κ2) is 5.72. The van der Waals surface area contributed by atoms with Gasteiger partial charge in [-0.25, -0.2) is 0 Å². The molecule has 0 aromatic carbocycles. The van der Waals surface area contributed by atoms with Crippen molar-refractivity contribution >= 4 is 0 Å². The number of aryl methyl sites for hydroxylation is 1. The maximum atomic E-state index is 6.15.